The van der Waals surface area contributed by atoms with E-state index in [-0.39, 0.29) is 23.9 Å². The second kappa shape index (κ2) is 9.30. The van der Waals surface area contributed by atoms with Crippen molar-refractivity contribution in [3.63, 3.8) is 0 Å². The first kappa shape index (κ1) is 22.9. The second-order valence-corrected chi connectivity index (χ2v) is 8.36. The fraction of sp³-hybridized carbons (Fsp3) is 0.476. The smallest absolute Gasteiger partial charge is 0.405 e. The van der Waals surface area contributed by atoms with Crippen LogP contribution in [-0.2, 0) is 6.54 Å². The van der Waals surface area contributed by atoms with E-state index in [0.717, 1.165) is 19.5 Å². The largest absolute Gasteiger partial charge is 0.573 e. The van der Waals surface area contributed by atoms with Crippen LogP contribution in [0.1, 0.15) is 25.8 Å². The van der Waals surface area contributed by atoms with Crippen molar-refractivity contribution in [3.8, 4) is 5.75 Å². The third-order valence-electron chi connectivity index (χ3n) is 5.29. The summed E-state index contributed by atoms with van der Waals surface area (Å²) in [6, 6.07) is 4.36. The normalized spacial score (nSPS) is 16.5. The molecule has 1 aliphatic heterocycles. The van der Waals surface area contributed by atoms with Gasteiger partial charge in [0.15, 0.2) is 5.65 Å². The fourth-order valence-corrected chi connectivity index (χ4v) is 3.82. The van der Waals surface area contributed by atoms with Crippen LogP contribution in [0.4, 0.5) is 24.8 Å². The number of fused-ring (bicyclic) bond motifs is 1. The quantitative estimate of drug-likeness (QED) is 0.405. The number of nitrogens with zero attached hydrogens (tertiary/aromatic N) is 3. The molecule has 3 aromatic rings. The summed E-state index contributed by atoms with van der Waals surface area (Å²) >= 11 is 0. The number of ether oxygens (including phenoxy) is 1. The van der Waals surface area contributed by atoms with Crippen LogP contribution in [-0.4, -0.2) is 51.6 Å². The van der Waals surface area contributed by atoms with Gasteiger partial charge >= 0.3 is 12.1 Å². The van der Waals surface area contributed by atoms with Gasteiger partial charge < -0.3 is 25.7 Å². The van der Waals surface area contributed by atoms with Gasteiger partial charge in [0, 0.05) is 23.8 Å². The predicted octanol–water partition coefficient (Wildman–Crippen LogP) is 2.91. The lowest BCUT2D eigenvalue weighted by Gasteiger charge is -2.17. The summed E-state index contributed by atoms with van der Waals surface area (Å²) in [5.74, 6) is 0.430. The minimum absolute atomic E-state index is 0.0690. The predicted molar refractivity (Wildman–Crippen MR) is 119 cm³/mol. The van der Waals surface area contributed by atoms with Crippen LogP contribution in [0.15, 0.2) is 29.2 Å². The molecule has 33 heavy (non-hydrogen) atoms. The Labute approximate surface area is 187 Å². The van der Waals surface area contributed by atoms with E-state index in [1.807, 2.05) is 13.8 Å². The minimum atomic E-state index is -4.86. The molecule has 3 heterocycles. The molecule has 0 aliphatic carbocycles. The molecule has 4 rings (SSSR count). The number of hydrogen-bond acceptors (Lipinski definition) is 7. The molecule has 0 radical (unpaired) electrons. The number of anilines is 2. The van der Waals surface area contributed by atoms with Crippen molar-refractivity contribution < 1.29 is 17.9 Å². The molecule has 0 spiro atoms. The standard InChI is InChI=1S/C21H26F3N7O2/c1-12(2)28-15-3-4-17(33-21(22,23)24)14(7-15)11-31-18-16(29-20(31)32)10-27-19(30-18)26-9-13-5-6-25-8-13/h3-4,7,10,12-13,25,28H,5-6,8-9,11H2,1-2H3,(H,29,32)(H,26,27,30)/t13-/m1/s1. The van der Waals surface area contributed by atoms with Crippen molar-refractivity contribution in [2.45, 2.75) is 39.2 Å². The third-order valence-corrected chi connectivity index (χ3v) is 5.29. The highest BCUT2D eigenvalue weighted by molar-refractivity contribution is 5.71. The summed E-state index contributed by atoms with van der Waals surface area (Å²) in [7, 11) is 0. The van der Waals surface area contributed by atoms with Gasteiger partial charge in [-0.05, 0) is 57.5 Å². The first-order chi connectivity index (χ1) is 15.7. The number of benzene rings is 1. The Balaban J connectivity index is 1.65. The molecule has 12 heteroatoms. The van der Waals surface area contributed by atoms with Crippen molar-refractivity contribution >= 4 is 22.8 Å². The molecule has 2 aromatic heterocycles. The van der Waals surface area contributed by atoms with Gasteiger partial charge in [-0.15, -0.1) is 13.2 Å². The van der Waals surface area contributed by atoms with Crippen LogP contribution in [0, 0.1) is 5.92 Å². The number of hydrogen-bond donors (Lipinski definition) is 4. The summed E-state index contributed by atoms with van der Waals surface area (Å²) in [6.07, 6.45) is -2.33. The SMILES string of the molecule is CC(C)Nc1ccc(OC(F)(F)F)c(Cn2c(=O)[nH]c3cnc(NC[C@@H]4CCNC4)nc32)c1. The number of nitrogens with one attached hydrogen (secondary N) is 4. The van der Waals surface area contributed by atoms with Crippen molar-refractivity contribution in [1.29, 1.82) is 0 Å². The molecule has 1 aliphatic rings. The highest BCUT2D eigenvalue weighted by Crippen LogP contribution is 2.30. The van der Waals surface area contributed by atoms with E-state index >= 15 is 0 Å². The molecule has 178 valence electrons. The molecule has 9 nitrogen and oxygen atoms in total. The number of rotatable bonds is 8. The van der Waals surface area contributed by atoms with Crippen molar-refractivity contribution in [2.24, 2.45) is 5.92 Å². The topological polar surface area (TPSA) is 109 Å². The highest BCUT2D eigenvalue weighted by Gasteiger charge is 2.32. The molecular weight excluding hydrogens is 439 g/mol. The van der Waals surface area contributed by atoms with Crippen LogP contribution < -0.4 is 26.4 Å². The van der Waals surface area contributed by atoms with Gasteiger partial charge in [-0.2, -0.15) is 4.98 Å². The maximum Gasteiger partial charge on any atom is 0.573 e. The van der Waals surface area contributed by atoms with Crippen LogP contribution >= 0.6 is 0 Å². The first-order valence-corrected chi connectivity index (χ1v) is 10.7. The van der Waals surface area contributed by atoms with Crippen molar-refractivity contribution in [1.82, 2.24) is 24.8 Å². The molecule has 1 fully saturated rings. The highest BCUT2D eigenvalue weighted by atomic mass is 19.4. The third kappa shape index (κ3) is 5.75. The molecule has 1 atom stereocenters. The van der Waals surface area contributed by atoms with Gasteiger partial charge in [-0.3, -0.25) is 4.57 Å². The Kier molecular flexibility index (Phi) is 6.45. The first-order valence-electron chi connectivity index (χ1n) is 10.7. The average Bonchev–Trinajstić information content (AvgIpc) is 3.35. The minimum Gasteiger partial charge on any atom is -0.405 e. The molecule has 1 saturated heterocycles. The summed E-state index contributed by atoms with van der Waals surface area (Å²) in [4.78, 5) is 23.9. The average molecular weight is 465 g/mol. The van der Waals surface area contributed by atoms with Gasteiger partial charge in [0.25, 0.3) is 0 Å². The van der Waals surface area contributed by atoms with Gasteiger partial charge in [0.2, 0.25) is 5.95 Å². The molecule has 0 unspecified atom stereocenters. The van der Waals surface area contributed by atoms with E-state index in [2.05, 4.69) is 35.6 Å². The second-order valence-electron chi connectivity index (χ2n) is 8.36. The lowest BCUT2D eigenvalue weighted by atomic mass is 10.1. The zero-order valence-corrected chi connectivity index (χ0v) is 18.3. The molecule has 4 N–H and O–H groups in total. The number of halogens is 3. The van der Waals surface area contributed by atoms with E-state index in [1.54, 1.807) is 6.07 Å². The number of aromatic nitrogens is 4. The number of alkyl halides is 3. The number of imidazole rings is 1. The van der Waals surface area contributed by atoms with E-state index in [4.69, 9.17) is 0 Å². The summed E-state index contributed by atoms with van der Waals surface area (Å²) in [6.45, 7) is 6.22. The lowest BCUT2D eigenvalue weighted by Crippen LogP contribution is -2.22. The molecule has 0 bridgehead atoms. The molecule has 0 saturated carbocycles. The zero-order chi connectivity index (χ0) is 23.6. The summed E-state index contributed by atoms with van der Waals surface area (Å²) in [5, 5.41) is 9.61. The van der Waals surface area contributed by atoms with Gasteiger partial charge in [-0.25, -0.2) is 9.78 Å². The molecule has 1 aromatic carbocycles. The maximum absolute atomic E-state index is 13.0. The number of H-pyrrole nitrogens is 1. The Morgan fingerprint density at radius 1 is 1.33 bits per heavy atom. The Hall–Kier alpha value is -3.28. The summed E-state index contributed by atoms with van der Waals surface area (Å²) in [5.41, 5.74) is 0.984. The van der Waals surface area contributed by atoms with Gasteiger partial charge in [0.1, 0.15) is 11.3 Å². The molecular formula is C21H26F3N7O2. The lowest BCUT2D eigenvalue weighted by molar-refractivity contribution is -0.274. The zero-order valence-electron chi connectivity index (χ0n) is 18.3. The van der Waals surface area contributed by atoms with Crippen molar-refractivity contribution in [3.05, 3.63) is 40.4 Å². The Morgan fingerprint density at radius 2 is 2.15 bits per heavy atom. The monoisotopic (exact) mass is 465 g/mol. The van der Waals surface area contributed by atoms with Crippen LogP contribution in [0.5, 0.6) is 5.75 Å². The Morgan fingerprint density at radius 3 is 2.85 bits per heavy atom. The molecule has 0 amide bonds. The van der Waals surface area contributed by atoms with Crippen molar-refractivity contribution in [2.75, 3.05) is 30.3 Å². The van der Waals surface area contributed by atoms with E-state index in [9.17, 15) is 18.0 Å². The van der Waals surface area contributed by atoms with E-state index < -0.39 is 12.1 Å². The van der Waals surface area contributed by atoms with E-state index in [0.29, 0.717) is 35.3 Å². The Bertz CT molecular complexity index is 1170. The van der Waals surface area contributed by atoms with Crippen LogP contribution in [0.2, 0.25) is 0 Å². The fourth-order valence-electron chi connectivity index (χ4n) is 3.82. The number of aromatic amines is 1. The van der Waals surface area contributed by atoms with Gasteiger partial charge in [-0.1, -0.05) is 0 Å². The van der Waals surface area contributed by atoms with Gasteiger partial charge in [0.05, 0.1) is 12.7 Å². The van der Waals surface area contributed by atoms with Crippen LogP contribution in [0.25, 0.3) is 11.2 Å². The van der Waals surface area contributed by atoms with Crippen LogP contribution in [0.3, 0.4) is 0 Å². The van der Waals surface area contributed by atoms with E-state index in [1.165, 1.54) is 22.9 Å². The summed E-state index contributed by atoms with van der Waals surface area (Å²) < 4.78 is 44.4. The maximum atomic E-state index is 13.0.